The Bertz CT molecular complexity index is 1520. The maximum absolute atomic E-state index is 13.9. The number of aliphatic hydroxyl groups is 4. The van der Waals surface area contributed by atoms with Crippen molar-refractivity contribution in [1.29, 1.82) is 0 Å². The van der Waals surface area contributed by atoms with Gasteiger partial charge in [-0.3, -0.25) is 0 Å². The second-order valence-corrected chi connectivity index (χ2v) is 11.9. The summed E-state index contributed by atoms with van der Waals surface area (Å²) < 4.78 is 36.5. The SMILES string of the molecule is OC[C@H]1O[C@@H](SC2CCCC(n3nncc3-c3cccc(F)c3)C2O)[C@H](O)[C@@H](n2cc(-c3cccc(F)c3)nn2)[C@H]1O. The van der Waals surface area contributed by atoms with Crippen LogP contribution < -0.4 is 0 Å². The van der Waals surface area contributed by atoms with Crippen LogP contribution in [0, 0.1) is 11.6 Å². The fraction of sp³-hybridized carbons (Fsp3) is 0.429. The predicted molar refractivity (Wildman–Crippen MR) is 148 cm³/mol. The average Bonchev–Trinajstić information content (AvgIpc) is 3.66. The van der Waals surface area contributed by atoms with E-state index in [1.807, 2.05) is 0 Å². The van der Waals surface area contributed by atoms with E-state index in [0.717, 1.165) is 6.42 Å². The molecule has 1 aliphatic heterocycles. The van der Waals surface area contributed by atoms with Gasteiger partial charge in [-0.2, -0.15) is 0 Å². The number of rotatable bonds is 7. The van der Waals surface area contributed by atoms with Gasteiger partial charge in [0.2, 0.25) is 0 Å². The first-order valence-electron chi connectivity index (χ1n) is 13.6. The van der Waals surface area contributed by atoms with Gasteiger partial charge in [0, 0.05) is 16.4 Å². The van der Waals surface area contributed by atoms with E-state index in [0.29, 0.717) is 35.4 Å². The van der Waals surface area contributed by atoms with Crippen LogP contribution in [0.4, 0.5) is 8.78 Å². The van der Waals surface area contributed by atoms with Gasteiger partial charge < -0.3 is 25.2 Å². The summed E-state index contributed by atoms with van der Waals surface area (Å²) in [6, 6.07) is 10.4. The van der Waals surface area contributed by atoms with Crippen molar-refractivity contribution in [3.8, 4) is 22.5 Å². The molecule has 42 heavy (non-hydrogen) atoms. The second-order valence-electron chi connectivity index (χ2n) is 10.5. The quantitative estimate of drug-likeness (QED) is 0.249. The third-order valence-electron chi connectivity index (χ3n) is 7.87. The molecule has 2 aliphatic rings. The molecule has 8 atom stereocenters. The van der Waals surface area contributed by atoms with Crippen molar-refractivity contribution in [1.82, 2.24) is 30.0 Å². The Morgan fingerprint density at radius 2 is 1.67 bits per heavy atom. The van der Waals surface area contributed by atoms with Gasteiger partial charge in [-0.1, -0.05) is 41.1 Å². The highest BCUT2D eigenvalue weighted by Gasteiger charge is 2.48. The number of nitrogens with zero attached hydrogens (tertiary/aromatic N) is 6. The Kier molecular flexibility index (Phi) is 8.34. The molecule has 0 radical (unpaired) electrons. The standard InChI is InChI=1S/C28H30F2N6O5S/c29-17-6-1-4-15(10-17)19-13-35(34-32-19)24-26(39)22(14-37)41-28(27(24)40)42-23-9-3-8-20(25(23)38)36-21(12-31-33-36)16-5-2-7-18(30)11-16/h1-2,4-7,10-13,20,22-28,37-40H,3,8-9,14H2/t20?,22-,23?,24+,25?,26+,27-,28+/m1/s1. The third kappa shape index (κ3) is 5.57. The van der Waals surface area contributed by atoms with Crippen LogP contribution in [-0.4, -0.2) is 92.1 Å². The molecule has 1 saturated carbocycles. The maximum Gasteiger partial charge on any atom is 0.132 e. The first kappa shape index (κ1) is 28.8. The van der Waals surface area contributed by atoms with Crippen molar-refractivity contribution in [3.05, 3.63) is 72.6 Å². The minimum absolute atomic E-state index is 0.345. The topological polar surface area (TPSA) is 152 Å². The molecule has 1 aliphatic carbocycles. The van der Waals surface area contributed by atoms with Crippen LogP contribution in [0.15, 0.2) is 60.9 Å². The van der Waals surface area contributed by atoms with Crippen LogP contribution in [0.1, 0.15) is 31.3 Å². The van der Waals surface area contributed by atoms with Gasteiger partial charge in [0.15, 0.2) is 0 Å². The van der Waals surface area contributed by atoms with Crippen molar-refractivity contribution in [2.45, 2.75) is 66.4 Å². The van der Waals surface area contributed by atoms with E-state index >= 15 is 0 Å². The van der Waals surface area contributed by atoms with Gasteiger partial charge in [0.1, 0.15) is 47.1 Å². The molecule has 4 N–H and O–H groups in total. The Labute approximate surface area is 243 Å². The predicted octanol–water partition coefficient (Wildman–Crippen LogP) is 2.35. The Morgan fingerprint density at radius 3 is 2.40 bits per heavy atom. The highest BCUT2D eigenvalue weighted by atomic mass is 32.2. The number of halogens is 2. The summed E-state index contributed by atoms with van der Waals surface area (Å²) in [6.45, 7) is -0.515. The summed E-state index contributed by atoms with van der Waals surface area (Å²) in [5.74, 6) is -0.838. The fourth-order valence-electron chi connectivity index (χ4n) is 5.74. The number of ether oxygens (including phenoxy) is 1. The monoisotopic (exact) mass is 600 g/mol. The maximum atomic E-state index is 13.9. The van der Waals surface area contributed by atoms with E-state index in [4.69, 9.17) is 4.74 Å². The zero-order chi connectivity index (χ0) is 29.4. The van der Waals surface area contributed by atoms with E-state index in [-0.39, 0.29) is 0 Å². The van der Waals surface area contributed by atoms with Gasteiger partial charge >= 0.3 is 0 Å². The molecule has 2 fully saturated rings. The van der Waals surface area contributed by atoms with Crippen LogP contribution in [0.5, 0.6) is 0 Å². The van der Waals surface area contributed by atoms with Crippen molar-refractivity contribution in [2.24, 2.45) is 0 Å². The lowest BCUT2D eigenvalue weighted by Gasteiger charge is -2.44. The van der Waals surface area contributed by atoms with E-state index < -0.39 is 65.4 Å². The van der Waals surface area contributed by atoms with E-state index in [9.17, 15) is 29.2 Å². The normalized spacial score (nSPS) is 30.0. The lowest BCUT2D eigenvalue weighted by atomic mass is 9.91. The molecule has 2 aromatic heterocycles. The molecule has 11 nitrogen and oxygen atoms in total. The molecule has 3 heterocycles. The van der Waals surface area contributed by atoms with Crippen molar-refractivity contribution in [2.75, 3.05) is 6.61 Å². The molecule has 14 heteroatoms. The number of hydrogen-bond donors (Lipinski definition) is 4. The van der Waals surface area contributed by atoms with Gasteiger partial charge in [0.25, 0.3) is 0 Å². The van der Waals surface area contributed by atoms with Gasteiger partial charge in [-0.05, 0) is 37.1 Å². The van der Waals surface area contributed by atoms with Gasteiger partial charge in [-0.15, -0.1) is 22.0 Å². The summed E-state index contributed by atoms with van der Waals surface area (Å²) in [4.78, 5) is 0. The smallest absolute Gasteiger partial charge is 0.132 e. The Balaban J connectivity index is 1.22. The molecule has 3 unspecified atom stereocenters. The lowest BCUT2D eigenvalue weighted by Crippen LogP contribution is -2.55. The van der Waals surface area contributed by atoms with Gasteiger partial charge in [-0.25, -0.2) is 18.1 Å². The summed E-state index contributed by atoms with van der Waals surface area (Å²) in [5.41, 5.74) is 1.04. The van der Waals surface area contributed by atoms with E-state index in [2.05, 4.69) is 20.6 Å². The Morgan fingerprint density at radius 1 is 0.929 bits per heavy atom. The molecular formula is C28H30F2N6O5S. The number of hydrogen-bond acceptors (Lipinski definition) is 10. The summed E-state index contributed by atoms with van der Waals surface area (Å²) in [7, 11) is 0. The van der Waals surface area contributed by atoms with Crippen LogP contribution in [0.25, 0.3) is 22.5 Å². The minimum atomic E-state index is -1.32. The molecule has 0 amide bonds. The third-order valence-corrected chi connectivity index (χ3v) is 9.39. The van der Waals surface area contributed by atoms with Crippen molar-refractivity contribution >= 4 is 11.8 Å². The largest absolute Gasteiger partial charge is 0.394 e. The van der Waals surface area contributed by atoms with Gasteiger partial charge in [0.05, 0.1) is 36.8 Å². The summed E-state index contributed by atoms with van der Waals surface area (Å²) in [6.07, 6.45) is 0.413. The molecule has 0 spiro atoms. The fourth-order valence-corrected chi connectivity index (χ4v) is 7.26. The van der Waals surface area contributed by atoms with Crippen LogP contribution >= 0.6 is 11.8 Å². The zero-order valence-electron chi connectivity index (χ0n) is 22.3. The minimum Gasteiger partial charge on any atom is -0.394 e. The molecular weight excluding hydrogens is 570 g/mol. The average molecular weight is 601 g/mol. The number of aliphatic hydroxyl groups excluding tert-OH is 4. The van der Waals surface area contributed by atoms with E-state index in [1.165, 1.54) is 53.1 Å². The van der Waals surface area contributed by atoms with Crippen LogP contribution in [0.3, 0.4) is 0 Å². The highest BCUT2D eigenvalue weighted by Crippen LogP contribution is 2.43. The first-order valence-corrected chi connectivity index (χ1v) is 14.6. The van der Waals surface area contributed by atoms with Crippen molar-refractivity contribution < 1.29 is 33.9 Å². The molecule has 222 valence electrons. The van der Waals surface area contributed by atoms with Crippen LogP contribution in [0.2, 0.25) is 0 Å². The Hall–Kier alpha value is -3.27. The first-order chi connectivity index (χ1) is 20.3. The van der Waals surface area contributed by atoms with E-state index in [1.54, 1.807) is 28.9 Å². The summed E-state index contributed by atoms with van der Waals surface area (Å²) >= 11 is 1.21. The lowest BCUT2D eigenvalue weighted by molar-refractivity contribution is -0.178. The second kappa shape index (κ2) is 12.1. The zero-order valence-corrected chi connectivity index (χ0v) is 23.1. The molecule has 6 rings (SSSR count). The molecule has 2 aromatic carbocycles. The molecule has 4 aromatic rings. The number of thioether (sulfide) groups is 1. The number of benzene rings is 2. The van der Waals surface area contributed by atoms with Crippen molar-refractivity contribution in [3.63, 3.8) is 0 Å². The summed E-state index contributed by atoms with van der Waals surface area (Å²) in [5, 5.41) is 59.8. The van der Waals surface area contributed by atoms with Crippen LogP contribution in [-0.2, 0) is 4.74 Å². The highest BCUT2D eigenvalue weighted by molar-refractivity contribution is 8.00. The molecule has 0 bridgehead atoms. The number of aromatic nitrogens is 6. The molecule has 1 saturated heterocycles.